The molecule has 3 aromatic rings. The highest BCUT2D eigenvalue weighted by Crippen LogP contribution is 2.14. The number of hydrogen-bond donors (Lipinski definition) is 2. The predicted octanol–water partition coefficient (Wildman–Crippen LogP) is -2.10. The van der Waals surface area contributed by atoms with E-state index >= 15 is 0 Å². The maximum Gasteiger partial charge on any atom is 0.262 e. The van der Waals surface area contributed by atoms with Crippen molar-refractivity contribution in [3.05, 3.63) is 53.5 Å². The number of nitrogens with zero attached hydrogens (tertiary/aromatic N) is 2. The molecule has 0 aliphatic heterocycles. The minimum Gasteiger partial charge on any atom is -0.384 e. The van der Waals surface area contributed by atoms with Gasteiger partial charge in [-0.1, -0.05) is 23.7 Å². The Hall–Kier alpha value is -3.46. The molecule has 2 N–H and O–H groups in total. The quantitative estimate of drug-likeness (QED) is 0.510. The van der Waals surface area contributed by atoms with Crippen molar-refractivity contribution in [1.29, 1.82) is 0 Å². The molecular weight excluding hydrogens is 340 g/mol. The lowest BCUT2D eigenvalue weighted by Gasteiger charge is -1.89. The Morgan fingerprint density at radius 3 is 1.19 bits per heavy atom. The molecule has 0 unspecified atom stereocenters. The van der Waals surface area contributed by atoms with Crippen molar-refractivity contribution in [2.45, 2.75) is 13.1 Å². The summed E-state index contributed by atoms with van der Waals surface area (Å²) in [5, 5.41) is 17.4. The van der Waals surface area contributed by atoms with Crippen LogP contribution in [0.25, 0.3) is 21.5 Å². The number of benzene rings is 1. The second-order valence-corrected chi connectivity index (χ2v) is 5.36. The normalized spacial score (nSPS) is 10.5. The van der Waals surface area contributed by atoms with Crippen molar-refractivity contribution in [2.24, 2.45) is 0 Å². The Morgan fingerprint density at radius 2 is 0.923 bits per heavy atom. The van der Waals surface area contributed by atoms with Gasteiger partial charge in [-0.25, -0.2) is 0 Å². The maximum atomic E-state index is 12.4. The summed E-state index contributed by atoms with van der Waals surface area (Å²) in [6.45, 7) is -1.17. The van der Waals surface area contributed by atoms with Crippen LogP contribution in [0, 0.1) is 23.7 Å². The molecule has 0 spiro atoms. The fraction of sp³-hybridized carbons (Fsp3) is 0.222. The summed E-state index contributed by atoms with van der Waals surface area (Å²) in [6, 6.07) is 2.48. The first-order valence-electron chi connectivity index (χ1n) is 7.54. The van der Waals surface area contributed by atoms with Crippen LogP contribution in [0.4, 0.5) is 0 Å². The first-order chi connectivity index (χ1) is 12.5. The summed E-state index contributed by atoms with van der Waals surface area (Å²) in [5.74, 6) is 9.67. The first-order valence-corrected chi connectivity index (χ1v) is 7.54. The van der Waals surface area contributed by atoms with E-state index in [2.05, 4.69) is 23.7 Å². The van der Waals surface area contributed by atoms with Gasteiger partial charge in [-0.05, 0) is 12.1 Å². The van der Waals surface area contributed by atoms with E-state index in [0.717, 1.165) is 9.13 Å². The van der Waals surface area contributed by atoms with Crippen LogP contribution in [-0.2, 0) is 13.1 Å². The van der Waals surface area contributed by atoms with E-state index < -0.39 is 35.5 Å². The standard InChI is InChI=1S/C18H12N2O6/c21-7-3-1-5-19-15(23)11-9-13-14(10-12(11)16(19)24)18(26)20(17(13)25)6-2-4-8-22/h9-10,21-22H,5-8H2. The van der Waals surface area contributed by atoms with E-state index in [4.69, 9.17) is 10.2 Å². The van der Waals surface area contributed by atoms with Crippen molar-refractivity contribution in [3.8, 4) is 23.7 Å². The zero-order chi connectivity index (χ0) is 18.8. The highest BCUT2D eigenvalue weighted by atomic mass is 16.3. The van der Waals surface area contributed by atoms with E-state index in [9.17, 15) is 19.2 Å². The summed E-state index contributed by atoms with van der Waals surface area (Å²) in [4.78, 5) is 49.6. The minimum absolute atomic E-state index is 0.0315. The van der Waals surface area contributed by atoms with Gasteiger partial charge in [-0.15, -0.1) is 0 Å². The number of aromatic nitrogens is 2. The Morgan fingerprint density at radius 1 is 0.615 bits per heavy atom. The summed E-state index contributed by atoms with van der Waals surface area (Å²) in [7, 11) is 0. The van der Waals surface area contributed by atoms with Gasteiger partial charge in [0.1, 0.15) is 13.2 Å². The first kappa shape index (κ1) is 17.4. The minimum atomic E-state index is -0.612. The van der Waals surface area contributed by atoms with Gasteiger partial charge in [0.15, 0.2) is 0 Å². The van der Waals surface area contributed by atoms with Gasteiger partial charge >= 0.3 is 0 Å². The third kappa shape index (κ3) is 2.64. The number of rotatable bonds is 2. The Labute approximate surface area is 145 Å². The zero-order valence-corrected chi connectivity index (χ0v) is 13.4. The lowest BCUT2D eigenvalue weighted by Crippen LogP contribution is -2.25. The number of aliphatic hydroxyl groups excluding tert-OH is 2. The Kier molecular flexibility index (Phi) is 4.55. The molecule has 8 nitrogen and oxygen atoms in total. The third-order valence-corrected chi connectivity index (χ3v) is 3.94. The summed E-state index contributed by atoms with van der Waals surface area (Å²) in [6.07, 6.45) is 0. The van der Waals surface area contributed by atoms with Crippen molar-refractivity contribution in [1.82, 2.24) is 9.13 Å². The van der Waals surface area contributed by atoms with Gasteiger partial charge in [0.2, 0.25) is 0 Å². The monoisotopic (exact) mass is 352 g/mol. The Bertz CT molecular complexity index is 1160. The summed E-state index contributed by atoms with van der Waals surface area (Å²) >= 11 is 0. The van der Waals surface area contributed by atoms with Crippen molar-refractivity contribution < 1.29 is 10.2 Å². The van der Waals surface area contributed by atoms with Gasteiger partial charge in [0, 0.05) is 0 Å². The topological polar surface area (TPSA) is 119 Å². The molecule has 2 aromatic heterocycles. The summed E-state index contributed by atoms with van der Waals surface area (Å²) < 4.78 is 1.78. The lowest BCUT2D eigenvalue weighted by atomic mass is 10.1. The van der Waals surface area contributed by atoms with Gasteiger partial charge < -0.3 is 10.2 Å². The molecule has 2 heterocycles. The second-order valence-electron chi connectivity index (χ2n) is 5.36. The molecule has 0 fully saturated rings. The summed E-state index contributed by atoms with van der Waals surface area (Å²) in [5.41, 5.74) is -2.45. The fourth-order valence-corrected chi connectivity index (χ4v) is 2.74. The van der Waals surface area contributed by atoms with E-state index in [1.54, 1.807) is 0 Å². The van der Waals surface area contributed by atoms with Crippen LogP contribution in [0.3, 0.4) is 0 Å². The van der Waals surface area contributed by atoms with Gasteiger partial charge in [0.05, 0.1) is 34.6 Å². The molecule has 26 heavy (non-hydrogen) atoms. The van der Waals surface area contributed by atoms with Crippen LogP contribution >= 0.6 is 0 Å². The highest BCUT2D eigenvalue weighted by Gasteiger charge is 2.18. The molecule has 0 atom stereocenters. The molecule has 0 bridgehead atoms. The number of fused-ring (bicyclic) bond motifs is 2. The highest BCUT2D eigenvalue weighted by molar-refractivity contribution is 5.97. The molecule has 3 rings (SSSR count). The van der Waals surface area contributed by atoms with E-state index in [-0.39, 0.29) is 34.6 Å². The maximum absolute atomic E-state index is 12.4. The third-order valence-electron chi connectivity index (χ3n) is 3.94. The average molecular weight is 352 g/mol. The van der Waals surface area contributed by atoms with Crippen LogP contribution < -0.4 is 22.2 Å². The number of hydrogen-bond acceptors (Lipinski definition) is 6. The van der Waals surface area contributed by atoms with Gasteiger partial charge in [-0.3, -0.25) is 28.3 Å². The predicted molar refractivity (Wildman–Crippen MR) is 94.6 cm³/mol. The Balaban J connectivity index is 2.27. The van der Waals surface area contributed by atoms with Crippen LogP contribution in [0.15, 0.2) is 31.3 Å². The molecule has 0 radical (unpaired) electrons. The largest absolute Gasteiger partial charge is 0.384 e. The molecule has 0 saturated heterocycles. The van der Waals surface area contributed by atoms with Gasteiger partial charge in [-0.2, -0.15) is 0 Å². The molecule has 0 saturated carbocycles. The molecule has 0 aliphatic carbocycles. The van der Waals surface area contributed by atoms with Crippen LogP contribution in [0.2, 0.25) is 0 Å². The molecule has 130 valence electrons. The van der Waals surface area contributed by atoms with Crippen LogP contribution in [0.5, 0.6) is 0 Å². The van der Waals surface area contributed by atoms with Crippen molar-refractivity contribution in [2.75, 3.05) is 13.2 Å². The SMILES string of the molecule is O=c1c2cc3c(=O)n(CC#CCO)c(=O)c3cc2c(=O)n1CC#CCO. The molecular formula is C18H12N2O6. The molecule has 0 aliphatic rings. The second kappa shape index (κ2) is 6.81. The lowest BCUT2D eigenvalue weighted by molar-refractivity contribution is 0.350. The van der Waals surface area contributed by atoms with Gasteiger partial charge in [0.25, 0.3) is 22.2 Å². The molecule has 0 amide bonds. The van der Waals surface area contributed by atoms with E-state index in [1.807, 2.05) is 0 Å². The zero-order valence-electron chi connectivity index (χ0n) is 13.4. The van der Waals surface area contributed by atoms with Crippen LogP contribution in [-0.4, -0.2) is 32.6 Å². The van der Waals surface area contributed by atoms with Crippen molar-refractivity contribution in [3.63, 3.8) is 0 Å². The average Bonchev–Trinajstić information content (AvgIpc) is 3.01. The van der Waals surface area contributed by atoms with E-state index in [0.29, 0.717) is 0 Å². The molecule has 1 aromatic carbocycles. The van der Waals surface area contributed by atoms with Crippen molar-refractivity contribution >= 4 is 21.5 Å². The van der Waals surface area contributed by atoms with E-state index in [1.165, 1.54) is 12.1 Å². The molecule has 8 heteroatoms. The smallest absolute Gasteiger partial charge is 0.262 e. The fourth-order valence-electron chi connectivity index (χ4n) is 2.74. The van der Waals surface area contributed by atoms with Crippen LogP contribution in [0.1, 0.15) is 0 Å². The number of aliphatic hydroxyl groups is 2.